The Labute approximate surface area is 123 Å². The summed E-state index contributed by atoms with van der Waals surface area (Å²) in [6.45, 7) is 0. The van der Waals surface area contributed by atoms with Gasteiger partial charge in [-0.3, -0.25) is 4.79 Å². The second-order valence-corrected chi connectivity index (χ2v) is 4.67. The van der Waals surface area contributed by atoms with Gasteiger partial charge in [-0.1, -0.05) is 11.6 Å². The molecule has 2 rings (SSSR count). The molecular weight excluding hydrogens is 305 g/mol. The molecule has 0 bridgehead atoms. The number of carbonyl (C=O) groups excluding carboxylic acids is 1. The van der Waals surface area contributed by atoms with Crippen molar-refractivity contribution in [1.82, 2.24) is 0 Å². The predicted molar refractivity (Wildman–Crippen MR) is 75.3 cm³/mol. The van der Waals surface area contributed by atoms with Gasteiger partial charge in [-0.05, 0) is 42.5 Å². The molecule has 0 aromatic heterocycles. The highest BCUT2D eigenvalue weighted by Crippen LogP contribution is 2.29. The quantitative estimate of drug-likeness (QED) is 0.816. The number of halogens is 4. The summed E-state index contributed by atoms with van der Waals surface area (Å²) in [6.07, 6.45) is -4.43. The summed E-state index contributed by atoms with van der Waals surface area (Å²) in [4.78, 5) is 11.9. The molecule has 7 heteroatoms. The lowest BCUT2D eigenvalue weighted by molar-refractivity contribution is -0.137. The molecule has 0 aliphatic carbocycles. The molecule has 0 fully saturated rings. The van der Waals surface area contributed by atoms with E-state index >= 15 is 0 Å². The summed E-state index contributed by atoms with van der Waals surface area (Å²) in [5.74, 6) is -0.537. The first-order valence-electron chi connectivity index (χ1n) is 5.81. The minimum Gasteiger partial charge on any atom is -0.397 e. The van der Waals surface area contributed by atoms with Crippen molar-refractivity contribution in [3.63, 3.8) is 0 Å². The molecule has 0 radical (unpaired) electrons. The van der Waals surface area contributed by atoms with Crippen LogP contribution in [0.15, 0.2) is 42.5 Å². The minimum absolute atomic E-state index is 0.108. The van der Waals surface area contributed by atoms with Gasteiger partial charge in [0.1, 0.15) is 0 Å². The van der Waals surface area contributed by atoms with E-state index in [2.05, 4.69) is 5.32 Å². The zero-order chi connectivity index (χ0) is 15.6. The zero-order valence-electron chi connectivity index (χ0n) is 10.5. The van der Waals surface area contributed by atoms with Gasteiger partial charge in [0, 0.05) is 11.3 Å². The van der Waals surface area contributed by atoms with E-state index in [9.17, 15) is 18.0 Å². The van der Waals surface area contributed by atoms with Crippen LogP contribution in [0, 0.1) is 0 Å². The summed E-state index contributed by atoms with van der Waals surface area (Å²) in [6, 6.07) is 8.44. The van der Waals surface area contributed by atoms with E-state index in [1.807, 2.05) is 0 Å². The highest BCUT2D eigenvalue weighted by Gasteiger charge is 2.30. The standard InChI is InChI=1S/C14H10ClF3N2O/c15-11-6-5-10(7-12(11)19)20-13(21)8-1-3-9(4-2-8)14(16,17)18/h1-7H,19H2,(H,20,21). The first kappa shape index (κ1) is 15.2. The fraction of sp³-hybridized carbons (Fsp3) is 0.0714. The maximum absolute atomic E-state index is 12.4. The van der Waals surface area contributed by atoms with Gasteiger partial charge in [0.25, 0.3) is 5.91 Å². The van der Waals surface area contributed by atoms with Crippen LogP contribution >= 0.6 is 11.6 Å². The third-order valence-corrected chi connectivity index (χ3v) is 3.07. The van der Waals surface area contributed by atoms with Crippen LogP contribution in [0.1, 0.15) is 15.9 Å². The van der Waals surface area contributed by atoms with Gasteiger partial charge in [0.05, 0.1) is 16.3 Å². The van der Waals surface area contributed by atoms with Gasteiger partial charge in [-0.2, -0.15) is 13.2 Å². The molecule has 0 spiro atoms. The third kappa shape index (κ3) is 3.66. The summed E-state index contributed by atoms with van der Waals surface area (Å²) in [5, 5.41) is 2.88. The Morgan fingerprint density at radius 1 is 1.10 bits per heavy atom. The smallest absolute Gasteiger partial charge is 0.397 e. The van der Waals surface area contributed by atoms with E-state index in [-0.39, 0.29) is 5.56 Å². The molecule has 0 unspecified atom stereocenters. The van der Waals surface area contributed by atoms with Gasteiger partial charge in [-0.25, -0.2) is 0 Å². The number of benzene rings is 2. The molecule has 0 saturated heterocycles. The molecule has 3 nitrogen and oxygen atoms in total. The van der Waals surface area contributed by atoms with Crippen molar-refractivity contribution < 1.29 is 18.0 Å². The van der Waals surface area contributed by atoms with Gasteiger partial charge < -0.3 is 11.1 Å². The van der Waals surface area contributed by atoms with Gasteiger partial charge in [0.15, 0.2) is 0 Å². The predicted octanol–water partition coefficient (Wildman–Crippen LogP) is 4.19. The molecule has 1 amide bonds. The van der Waals surface area contributed by atoms with Crippen LogP contribution in [0.25, 0.3) is 0 Å². The number of nitrogens with two attached hydrogens (primary N) is 1. The highest BCUT2D eigenvalue weighted by molar-refractivity contribution is 6.33. The van der Waals surface area contributed by atoms with E-state index in [1.54, 1.807) is 6.07 Å². The number of amides is 1. The fourth-order valence-corrected chi connectivity index (χ4v) is 1.75. The average Bonchev–Trinajstić information content (AvgIpc) is 2.42. The first-order chi connectivity index (χ1) is 9.77. The lowest BCUT2D eigenvalue weighted by Gasteiger charge is -2.09. The average molecular weight is 315 g/mol. The molecule has 3 N–H and O–H groups in total. The highest BCUT2D eigenvalue weighted by atomic mass is 35.5. The molecule has 21 heavy (non-hydrogen) atoms. The van der Waals surface area contributed by atoms with E-state index in [1.165, 1.54) is 12.1 Å². The van der Waals surface area contributed by atoms with E-state index < -0.39 is 17.6 Å². The second kappa shape index (κ2) is 5.65. The van der Waals surface area contributed by atoms with E-state index in [0.717, 1.165) is 24.3 Å². The van der Waals surface area contributed by atoms with Crippen LogP contribution in [-0.2, 0) is 6.18 Å². The number of hydrogen-bond acceptors (Lipinski definition) is 2. The van der Waals surface area contributed by atoms with Crippen LogP contribution in [0.5, 0.6) is 0 Å². The normalized spacial score (nSPS) is 11.2. The molecule has 0 saturated carbocycles. The molecule has 2 aromatic rings. The van der Waals surface area contributed by atoms with E-state index in [0.29, 0.717) is 16.4 Å². The molecule has 2 aromatic carbocycles. The van der Waals surface area contributed by atoms with Crippen molar-refractivity contribution >= 4 is 28.9 Å². The summed E-state index contributed by atoms with van der Waals surface area (Å²) >= 11 is 5.75. The monoisotopic (exact) mass is 314 g/mol. The molecular formula is C14H10ClF3N2O. The zero-order valence-corrected chi connectivity index (χ0v) is 11.3. The number of carbonyl (C=O) groups is 1. The van der Waals surface area contributed by atoms with Crippen molar-refractivity contribution in [1.29, 1.82) is 0 Å². The number of nitrogens with one attached hydrogen (secondary N) is 1. The number of anilines is 2. The summed E-state index contributed by atoms with van der Waals surface area (Å²) in [7, 11) is 0. The lowest BCUT2D eigenvalue weighted by Crippen LogP contribution is -2.13. The molecule has 0 heterocycles. The number of alkyl halides is 3. The Hall–Kier alpha value is -2.21. The number of rotatable bonds is 2. The van der Waals surface area contributed by atoms with Gasteiger partial charge in [0.2, 0.25) is 0 Å². The molecule has 0 aliphatic rings. The molecule has 0 aliphatic heterocycles. The van der Waals surface area contributed by atoms with Crippen molar-refractivity contribution in [2.75, 3.05) is 11.1 Å². The minimum atomic E-state index is -4.43. The first-order valence-corrected chi connectivity index (χ1v) is 6.19. The largest absolute Gasteiger partial charge is 0.416 e. The third-order valence-electron chi connectivity index (χ3n) is 2.73. The van der Waals surface area contributed by atoms with E-state index in [4.69, 9.17) is 17.3 Å². The SMILES string of the molecule is Nc1cc(NC(=O)c2ccc(C(F)(F)F)cc2)ccc1Cl. The maximum Gasteiger partial charge on any atom is 0.416 e. The maximum atomic E-state index is 12.4. The topological polar surface area (TPSA) is 55.1 Å². The van der Waals surface area contributed by atoms with Crippen molar-refractivity contribution in [2.24, 2.45) is 0 Å². The summed E-state index contributed by atoms with van der Waals surface area (Å²) in [5.41, 5.74) is 5.59. The Morgan fingerprint density at radius 3 is 2.24 bits per heavy atom. The van der Waals surface area contributed by atoms with Crippen LogP contribution in [-0.4, -0.2) is 5.91 Å². The lowest BCUT2D eigenvalue weighted by atomic mass is 10.1. The number of nitrogen functional groups attached to an aromatic ring is 1. The van der Waals surface area contributed by atoms with Crippen LogP contribution in [0.3, 0.4) is 0 Å². The Morgan fingerprint density at radius 2 is 1.71 bits per heavy atom. The van der Waals surface area contributed by atoms with Crippen molar-refractivity contribution in [3.8, 4) is 0 Å². The second-order valence-electron chi connectivity index (χ2n) is 4.27. The van der Waals surface area contributed by atoms with Crippen molar-refractivity contribution in [3.05, 3.63) is 58.6 Å². The summed E-state index contributed by atoms with van der Waals surface area (Å²) < 4.78 is 37.3. The van der Waals surface area contributed by atoms with Gasteiger partial charge >= 0.3 is 6.18 Å². The fourth-order valence-electron chi connectivity index (χ4n) is 1.64. The molecule has 0 atom stereocenters. The van der Waals surface area contributed by atoms with Crippen LogP contribution in [0.2, 0.25) is 5.02 Å². The molecule has 110 valence electrons. The number of hydrogen-bond donors (Lipinski definition) is 2. The van der Waals surface area contributed by atoms with Crippen LogP contribution in [0.4, 0.5) is 24.5 Å². The Kier molecular flexibility index (Phi) is 4.09. The van der Waals surface area contributed by atoms with Crippen molar-refractivity contribution in [2.45, 2.75) is 6.18 Å². The Bertz CT molecular complexity index is 669. The van der Waals surface area contributed by atoms with Crippen LogP contribution < -0.4 is 11.1 Å². The Balaban J connectivity index is 2.15. The van der Waals surface area contributed by atoms with Gasteiger partial charge in [-0.15, -0.1) is 0 Å².